The molecule has 2 amide bonds. The summed E-state index contributed by atoms with van der Waals surface area (Å²) in [5.74, 6) is -0.663. The third-order valence-electron chi connectivity index (χ3n) is 4.90. The van der Waals surface area contributed by atoms with Crippen LogP contribution >= 0.6 is 12.4 Å². The van der Waals surface area contributed by atoms with Crippen molar-refractivity contribution >= 4 is 34.2 Å². The molecule has 7 nitrogen and oxygen atoms in total. The number of hydrogen-bond donors (Lipinski definition) is 2. The minimum absolute atomic E-state index is 0. The van der Waals surface area contributed by atoms with E-state index in [2.05, 4.69) is 4.72 Å². The molecule has 0 saturated heterocycles. The number of nitrogens with one attached hydrogen (secondary N) is 1. The Balaban J connectivity index is 0.00000225. The second kappa shape index (κ2) is 7.41. The Hall–Kier alpha value is -1.48. The molecular weight excluding hydrogens is 366 g/mol. The van der Waals surface area contributed by atoms with Crippen molar-refractivity contribution in [2.24, 2.45) is 11.7 Å². The van der Waals surface area contributed by atoms with Gasteiger partial charge in [0.1, 0.15) is 0 Å². The molecule has 0 radical (unpaired) electrons. The van der Waals surface area contributed by atoms with Gasteiger partial charge in [-0.3, -0.25) is 14.5 Å². The van der Waals surface area contributed by atoms with E-state index in [1.54, 1.807) is 0 Å². The number of hydrogen-bond acceptors (Lipinski definition) is 5. The first kappa shape index (κ1) is 19.8. The average Bonchev–Trinajstić information content (AvgIpc) is 3.17. The van der Waals surface area contributed by atoms with E-state index in [-0.39, 0.29) is 46.9 Å². The summed E-state index contributed by atoms with van der Waals surface area (Å²) in [6.07, 6.45) is 4.11. The molecule has 1 aliphatic carbocycles. The van der Waals surface area contributed by atoms with Crippen molar-refractivity contribution in [3.8, 4) is 0 Å². The third-order valence-corrected chi connectivity index (χ3v) is 6.39. The minimum Gasteiger partial charge on any atom is -0.329 e. The van der Waals surface area contributed by atoms with Crippen LogP contribution in [-0.4, -0.2) is 44.8 Å². The molecule has 9 heteroatoms. The summed E-state index contributed by atoms with van der Waals surface area (Å²) in [7, 11) is -2.42. The molecule has 1 heterocycles. The predicted octanol–water partition coefficient (Wildman–Crippen LogP) is 1.13. The third kappa shape index (κ3) is 3.57. The molecule has 1 fully saturated rings. The van der Waals surface area contributed by atoms with Gasteiger partial charge in [-0.15, -0.1) is 12.4 Å². The zero-order valence-corrected chi connectivity index (χ0v) is 15.5. The second-order valence-electron chi connectivity index (χ2n) is 6.38. The highest BCUT2D eigenvalue weighted by Crippen LogP contribution is 2.29. The summed E-state index contributed by atoms with van der Waals surface area (Å²) in [5, 5.41) is 0. The summed E-state index contributed by atoms with van der Waals surface area (Å²) in [6, 6.07) is 3.70. The summed E-state index contributed by atoms with van der Waals surface area (Å²) >= 11 is 0. The van der Waals surface area contributed by atoms with Gasteiger partial charge in [0.15, 0.2) is 0 Å². The Bertz CT molecular complexity index is 791. The van der Waals surface area contributed by atoms with Crippen LogP contribution in [0.1, 0.15) is 46.4 Å². The minimum atomic E-state index is -3.80. The van der Waals surface area contributed by atoms with Gasteiger partial charge in [-0.05, 0) is 37.0 Å². The Morgan fingerprint density at radius 2 is 1.80 bits per heavy atom. The Morgan fingerprint density at radius 3 is 2.40 bits per heavy atom. The smallest absolute Gasteiger partial charge is 0.261 e. The van der Waals surface area contributed by atoms with E-state index < -0.39 is 21.8 Å². The summed E-state index contributed by atoms with van der Waals surface area (Å²) in [6.45, 7) is 0.231. The van der Waals surface area contributed by atoms with Crippen LogP contribution in [0, 0.1) is 5.92 Å². The van der Waals surface area contributed by atoms with Crippen LogP contribution in [0.5, 0.6) is 0 Å². The molecule has 0 spiro atoms. The lowest BCUT2D eigenvalue weighted by Crippen LogP contribution is -2.44. The van der Waals surface area contributed by atoms with Crippen LogP contribution in [0.3, 0.4) is 0 Å². The number of benzene rings is 1. The lowest BCUT2D eigenvalue weighted by Gasteiger charge is -2.23. The van der Waals surface area contributed by atoms with Crippen molar-refractivity contribution in [2.75, 3.05) is 13.6 Å². The first-order chi connectivity index (χ1) is 11.3. The second-order valence-corrected chi connectivity index (χ2v) is 8.10. The quantitative estimate of drug-likeness (QED) is 0.736. The topological polar surface area (TPSA) is 110 Å². The van der Waals surface area contributed by atoms with Gasteiger partial charge >= 0.3 is 0 Å². The van der Waals surface area contributed by atoms with E-state index in [0.29, 0.717) is 0 Å². The SMILES string of the molecule is CN1C(=O)c2ccc(S(=O)(=O)NC(CN)C3CCCC3)cc2C1=O.Cl. The number of nitrogens with two attached hydrogens (primary N) is 1. The van der Waals surface area contributed by atoms with Gasteiger partial charge in [0.25, 0.3) is 11.8 Å². The van der Waals surface area contributed by atoms with Crippen molar-refractivity contribution < 1.29 is 18.0 Å². The van der Waals surface area contributed by atoms with E-state index in [0.717, 1.165) is 30.6 Å². The number of carbonyl (C=O) groups is 2. The Kier molecular flexibility index (Phi) is 5.88. The van der Waals surface area contributed by atoms with Crippen molar-refractivity contribution in [1.29, 1.82) is 0 Å². The van der Waals surface area contributed by atoms with Gasteiger partial charge in [-0.2, -0.15) is 0 Å². The van der Waals surface area contributed by atoms with E-state index >= 15 is 0 Å². The molecule has 1 aromatic rings. The first-order valence-corrected chi connectivity index (χ1v) is 9.52. The van der Waals surface area contributed by atoms with Crippen LogP contribution in [0.2, 0.25) is 0 Å². The maximum Gasteiger partial charge on any atom is 0.261 e. The summed E-state index contributed by atoms with van der Waals surface area (Å²) in [4.78, 5) is 24.9. The van der Waals surface area contributed by atoms with Crippen molar-refractivity contribution in [3.05, 3.63) is 29.3 Å². The molecule has 138 valence electrons. The van der Waals surface area contributed by atoms with Crippen LogP contribution in [0.25, 0.3) is 0 Å². The summed E-state index contributed by atoms with van der Waals surface area (Å²) in [5.41, 5.74) is 6.10. The molecule has 1 atom stereocenters. The van der Waals surface area contributed by atoms with Gasteiger partial charge in [-0.1, -0.05) is 12.8 Å². The molecule has 0 bridgehead atoms. The molecule has 1 aliphatic heterocycles. The molecule has 1 aromatic carbocycles. The Labute approximate surface area is 153 Å². The molecule has 0 aromatic heterocycles. The van der Waals surface area contributed by atoms with Gasteiger partial charge in [0.05, 0.1) is 16.0 Å². The number of nitrogens with zero attached hydrogens (tertiary/aromatic N) is 1. The zero-order chi connectivity index (χ0) is 17.5. The zero-order valence-electron chi connectivity index (χ0n) is 13.9. The van der Waals surface area contributed by atoms with Crippen LogP contribution < -0.4 is 10.5 Å². The number of fused-ring (bicyclic) bond motifs is 1. The van der Waals surface area contributed by atoms with Crippen LogP contribution in [0.15, 0.2) is 23.1 Å². The number of sulfonamides is 1. The van der Waals surface area contributed by atoms with Gasteiger partial charge in [0, 0.05) is 19.6 Å². The molecular formula is C16H22ClN3O4S. The van der Waals surface area contributed by atoms with Gasteiger partial charge in [0.2, 0.25) is 10.0 Å². The molecule has 3 N–H and O–H groups in total. The standard InChI is InChI=1S/C16H21N3O4S.ClH/c1-19-15(20)12-7-6-11(8-13(12)16(19)21)24(22,23)18-14(9-17)10-4-2-3-5-10;/h6-8,10,14,18H,2-5,9,17H2,1H3;1H. The molecule has 2 aliphatic rings. The summed E-state index contributed by atoms with van der Waals surface area (Å²) < 4.78 is 28.0. The van der Waals surface area contributed by atoms with E-state index in [1.165, 1.54) is 25.2 Å². The normalized spacial score (nSPS) is 19.0. The van der Waals surface area contributed by atoms with Gasteiger partial charge < -0.3 is 5.73 Å². The number of rotatable bonds is 5. The number of halogens is 1. The van der Waals surface area contributed by atoms with Crippen LogP contribution in [0.4, 0.5) is 0 Å². The largest absolute Gasteiger partial charge is 0.329 e. The van der Waals surface area contributed by atoms with E-state index in [9.17, 15) is 18.0 Å². The maximum atomic E-state index is 12.7. The fourth-order valence-corrected chi connectivity index (χ4v) is 4.81. The monoisotopic (exact) mass is 387 g/mol. The molecule has 25 heavy (non-hydrogen) atoms. The lowest BCUT2D eigenvalue weighted by atomic mass is 9.99. The number of imide groups is 1. The average molecular weight is 388 g/mol. The first-order valence-electron chi connectivity index (χ1n) is 8.04. The highest BCUT2D eigenvalue weighted by Gasteiger charge is 2.35. The van der Waals surface area contributed by atoms with Crippen molar-refractivity contribution in [2.45, 2.75) is 36.6 Å². The predicted molar refractivity (Wildman–Crippen MR) is 95.2 cm³/mol. The fraction of sp³-hybridized carbons (Fsp3) is 0.500. The molecule has 3 rings (SSSR count). The lowest BCUT2D eigenvalue weighted by molar-refractivity contribution is 0.0693. The highest BCUT2D eigenvalue weighted by atomic mass is 35.5. The van der Waals surface area contributed by atoms with Gasteiger partial charge in [-0.25, -0.2) is 13.1 Å². The van der Waals surface area contributed by atoms with Crippen molar-refractivity contribution in [1.82, 2.24) is 9.62 Å². The highest BCUT2D eigenvalue weighted by molar-refractivity contribution is 7.89. The maximum absolute atomic E-state index is 12.7. The number of amides is 2. The van der Waals surface area contributed by atoms with Crippen molar-refractivity contribution in [3.63, 3.8) is 0 Å². The Morgan fingerprint density at radius 1 is 1.20 bits per heavy atom. The van der Waals surface area contributed by atoms with Crippen LogP contribution in [-0.2, 0) is 10.0 Å². The molecule has 1 saturated carbocycles. The fourth-order valence-electron chi connectivity index (χ4n) is 3.47. The number of carbonyl (C=O) groups excluding carboxylic acids is 2. The molecule has 1 unspecified atom stereocenters. The van der Waals surface area contributed by atoms with E-state index in [4.69, 9.17) is 5.73 Å². The van der Waals surface area contributed by atoms with E-state index in [1.807, 2.05) is 0 Å².